The van der Waals surface area contributed by atoms with E-state index in [0.29, 0.717) is 18.6 Å². The molecule has 0 aliphatic heterocycles. The Hall–Kier alpha value is -1.12. The van der Waals surface area contributed by atoms with E-state index in [-0.39, 0.29) is 11.8 Å². The summed E-state index contributed by atoms with van der Waals surface area (Å²) in [6.45, 7) is 3.73. The van der Waals surface area contributed by atoms with Crippen LogP contribution in [0.3, 0.4) is 0 Å². The molecule has 0 aromatic rings. The lowest BCUT2D eigenvalue weighted by Gasteiger charge is -2.03. The smallest absolute Gasteiger partial charge is 0.311 e. The summed E-state index contributed by atoms with van der Waals surface area (Å²) in [5.74, 6) is -0.0486. The standard InChI is InChI=1S/C10H14O3/c1-3-4-9(12)13-10-7(2)5-6-8(10)11/h3-6H2,1-2H3. The molecule has 3 nitrogen and oxygen atoms in total. The average Bonchev–Trinajstić information content (AvgIpc) is 2.36. The predicted octanol–water partition coefficient (Wildman–Crippen LogP) is 1.97. The van der Waals surface area contributed by atoms with Crippen LogP contribution in [0.15, 0.2) is 11.3 Å². The molecule has 13 heavy (non-hydrogen) atoms. The van der Waals surface area contributed by atoms with E-state index in [4.69, 9.17) is 4.74 Å². The number of hydrogen-bond acceptors (Lipinski definition) is 3. The second kappa shape index (κ2) is 4.21. The fraction of sp³-hybridized carbons (Fsp3) is 0.600. The maximum atomic E-state index is 11.2. The van der Waals surface area contributed by atoms with Gasteiger partial charge in [-0.25, -0.2) is 0 Å². The van der Waals surface area contributed by atoms with E-state index < -0.39 is 0 Å². The summed E-state index contributed by atoms with van der Waals surface area (Å²) in [4.78, 5) is 22.3. The van der Waals surface area contributed by atoms with Crippen LogP contribution in [0.2, 0.25) is 0 Å². The Labute approximate surface area is 77.8 Å². The number of carbonyl (C=O) groups is 2. The van der Waals surface area contributed by atoms with Crippen LogP contribution < -0.4 is 0 Å². The highest BCUT2D eigenvalue weighted by molar-refractivity contribution is 5.98. The first-order chi connectivity index (χ1) is 6.15. The molecular weight excluding hydrogens is 168 g/mol. The molecule has 0 aromatic carbocycles. The number of Topliss-reactive ketones (excluding diaryl/α,β-unsaturated/α-hetero) is 1. The molecule has 1 aliphatic carbocycles. The fourth-order valence-electron chi connectivity index (χ4n) is 1.28. The van der Waals surface area contributed by atoms with Gasteiger partial charge in [0.2, 0.25) is 0 Å². The van der Waals surface area contributed by atoms with Gasteiger partial charge in [0.05, 0.1) is 0 Å². The third kappa shape index (κ3) is 2.41. The van der Waals surface area contributed by atoms with E-state index in [1.54, 1.807) is 0 Å². The largest absolute Gasteiger partial charge is 0.423 e. The zero-order valence-electron chi connectivity index (χ0n) is 8.05. The SMILES string of the molecule is CCCC(=O)OC1=C(C)CCC1=O. The van der Waals surface area contributed by atoms with Crippen LogP contribution in [0.4, 0.5) is 0 Å². The predicted molar refractivity (Wildman–Crippen MR) is 47.9 cm³/mol. The molecule has 0 spiro atoms. The first kappa shape index (κ1) is 9.96. The van der Waals surface area contributed by atoms with E-state index in [2.05, 4.69) is 0 Å². The second-order valence-corrected chi connectivity index (χ2v) is 3.26. The van der Waals surface area contributed by atoms with Gasteiger partial charge < -0.3 is 4.74 Å². The Balaban J connectivity index is 2.57. The molecule has 0 N–H and O–H groups in total. The molecule has 0 aromatic heterocycles. The van der Waals surface area contributed by atoms with Crippen molar-refractivity contribution in [3.8, 4) is 0 Å². The Morgan fingerprint density at radius 2 is 2.15 bits per heavy atom. The first-order valence-corrected chi connectivity index (χ1v) is 4.58. The average molecular weight is 182 g/mol. The maximum Gasteiger partial charge on any atom is 0.311 e. The molecule has 0 saturated heterocycles. The molecule has 0 amide bonds. The summed E-state index contributed by atoms with van der Waals surface area (Å²) < 4.78 is 4.97. The molecule has 0 bridgehead atoms. The fourth-order valence-corrected chi connectivity index (χ4v) is 1.28. The monoisotopic (exact) mass is 182 g/mol. The normalized spacial score (nSPS) is 16.6. The van der Waals surface area contributed by atoms with Gasteiger partial charge >= 0.3 is 5.97 Å². The van der Waals surface area contributed by atoms with Gasteiger partial charge in [-0.15, -0.1) is 0 Å². The maximum absolute atomic E-state index is 11.2. The highest BCUT2D eigenvalue weighted by Crippen LogP contribution is 2.23. The lowest BCUT2D eigenvalue weighted by molar-refractivity contribution is -0.142. The summed E-state index contributed by atoms with van der Waals surface area (Å²) in [5.41, 5.74) is 0.898. The van der Waals surface area contributed by atoms with Crippen LogP contribution in [-0.4, -0.2) is 11.8 Å². The molecule has 0 saturated carbocycles. The van der Waals surface area contributed by atoms with Gasteiger partial charge in [0.1, 0.15) is 0 Å². The van der Waals surface area contributed by atoms with Crippen molar-refractivity contribution in [3.05, 3.63) is 11.3 Å². The van der Waals surface area contributed by atoms with Crippen molar-refractivity contribution in [2.24, 2.45) is 0 Å². The molecule has 3 heteroatoms. The zero-order valence-corrected chi connectivity index (χ0v) is 8.05. The van der Waals surface area contributed by atoms with E-state index in [1.807, 2.05) is 13.8 Å². The quantitative estimate of drug-likeness (QED) is 0.627. The van der Waals surface area contributed by atoms with Crippen molar-refractivity contribution in [2.45, 2.75) is 39.5 Å². The highest BCUT2D eigenvalue weighted by Gasteiger charge is 2.23. The second-order valence-electron chi connectivity index (χ2n) is 3.26. The lowest BCUT2D eigenvalue weighted by Crippen LogP contribution is -2.08. The van der Waals surface area contributed by atoms with Gasteiger partial charge in [0.15, 0.2) is 11.5 Å². The van der Waals surface area contributed by atoms with Gasteiger partial charge in [0.25, 0.3) is 0 Å². The van der Waals surface area contributed by atoms with Crippen molar-refractivity contribution in [1.82, 2.24) is 0 Å². The topological polar surface area (TPSA) is 43.4 Å². The molecule has 0 unspecified atom stereocenters. The van der Waals surface area contributed by atoms with Gasteiger partial charge in [-0.2, -0.15) is 0 Å². The molecule has 0 radical (unpaired) electrons. The Morgan fingerprint density at radius 1 is 1.46 bits per heavy atom. The van der Waals surface area contributed by atoms with E-state index >= 15 is 0 Å². The summed E-state index contributed by atoms with van der Waals surface area (Å²) in [7, 11) is 0. The van der Waals surface area contributed by atoms with Crippen LogP contribution in [0, 0.1) is 0 Å². The molecule has 0 fully saturated rings. The molecular formula is C10H14O3. The van der Waals surface area contributed by atoms with E-state index in [9.17, 15) is 9.59 Å². The third-order valence-corrected chi connectivity index (χ3v) is 2.04. The first-order valence-electron chi connectivity index (χ1n) is 4.58. The number of ketones is 1. The van der Waals surface area contributed by atoms with Crippen LogP contribution in [0.25, 0.3) is 0 Å². The van der Waals surface area contributed by atoms with E-state index in [0.717, 1.165) is 18.4 Å². The molecule has 0 atom stereocenters. The number of ether oxygens (including phenoxy) is 1. The van der Waals surface area contributed by atoms with Crippen molar-refractivity contribution in [3.63, 3.8) is 0 Å². The van der Waals surface area contributed by atoms with E-state index in [1.165, 1.54) is 0 Å². The van der Waals surface area contributed by atoms with Gasteiger partial charge in [0, 0.05) is 12.8 Å². The van der Waals surface area contributed by atoms with Crippen LogP contribution >= 0.6 is 0 Å². The number of carbonyl (C=O) groups excluding carboxylic acids is 2. The van der Waals surface area contributed by atoms with Gasteiger partial charge in [-0.3, -0.25) is 9.59 Å². The minimum absolute atomic E-state index is 0.0399. The summed E-state index contributed by atoms with van der Waals surface area (Å²) in [5, 5.41) is 0. The number of rotatable bonds is 3. The number of esters is 1. The highest BCUT2D eigenvalue weighted by atomic mass is 16.5. The Kier molecular flexibility index (Phi) is 3.23. The third-order valence-electron chi connectivity index (χ3n) is 2.04. The van der Waals surface area contributed by atoms with Crippen LogP contribution in [0.1, 0.15) is 39.5 Å². The van der Waals surface area contributed by atoms with Crippen molar-refractivity contribution in [2.75, 3.05) is 0 Å². The van der Waals surface area contributed by atoms with Crippen molar-refractivity contribution in [1.29, 1.82) is 0 Å². The summed E-state index contributed by atoms with van der Waals surface area (Å²) >= 11 is 0. The van der Waals surface area contributed by atoms with Gasteiger partial charge in [-0.05, 0) is 25.3 Å². The molecule has 72 valence electrons. The lowest BCUT2D eigenvalue weighted by atomic mass is 10.3. The number of hydrogen-bond donors (Lipinski definition) is 0. The minimum atomic E-state index is -0.299. The summed E-state index contributed by atoms with van der Waals surface area (Å²) in [6.07, 6.45) is 2.34. The van der Waals surface area contributed by atoms with Crippen LogP contribution in [0.5, 0.6) is 0 Å². The Morgan fingerprint density at radius 3 is 2.62 bits per heavy atom. The van der Waals surface area contributed by atoms with Crippen molar-refractivity contribution >= 4 is 11.8 Å². The van der Waals surface area contributed by atoms with Crippen molar-refractivity contribution < 1.29 is 14.3 Å². The molecule has 1 aliphatic rings. The summed E-state index contributed by atoms with van der Waals surface area (Å²) in [6, 6.07) is 0. The molecule has 1 rings (SSSR count). The Bertz CT molecular complexity index is 263. The number of allylic oxidation sites excluding steroid dienone is 2. The van der Waals surface area contributed by atoms with Gasteiger partial charge in [-0.1, -0.05) is 6.92 Å². The molecule has 0 heterocycles. The minimum Gasteiger partial charge on any atom is -0.423 e. The van der Waals surface area contributed by atoms with Crippen LogP contribution in [-0.2, 0) is 14.3 Å². The zero-order chi connectivity index (χ0) is 9.84.